The second-order valence-corrected chi connectivity index (χ2v) is 7.56. The number of anilines is 3. The van der Waals surface area contributed by atoms with E-state index in [2.05, 4.69) is 15.6 Å². The van der Waals surface area contributed by atoms with E-state index >= 15 is 0 Å². The van der Waals surface area contributed by atoms with E-state index in [4.69, 9.17) is 17.0 Å². The van der Waals surface area contributed by atoms with Crippen molar-refractivity contribution in [2.24, 2.45) is 0 Å². The highest BCUT2D eigenvalue weighted by molar-refractivity contribution is 6.30. The molecule has 164 valence electrons. The first-order valence-electron chi connectivity index (χ1n) is 9.59. The van der Waals surface area contributed by atoms with Crippen molar-refractivity contribution in [1.29, 1.82) is 5.41 Å². The predicted molar refractivity (Wildman–Crippen MR) is 125 cm³/mol. The zero-order valence-electron chi connectivity index (χ0n) is 17.7. The van der Waals surface area contributed by atoms with Gasteiger partial charge in [0.1, 0.15) is 11.6 Å². The first kappa shape index (κ1) is 22.9. The molecular formula is C23H21ClFN5O2. The lowest BCUT2D eigenvalue weighted by molar-refractivity contribution is 0.102. The number of amides is 2. The molecule has 0 bridgehead atoms. The second-order valence-electron chi connectivity index (χ2n) is 7.13. The summed E-state index contributed by atoms with van der Waals surface area (Å²) < 4.78 is 14.6. The lowest BCUT2D eigenvalue weighted by atomic mass is 10.1. The smallest absolute Gasteiger partial charge is 0.258 e. The molecule has 0 atom stereocenters. The predicted octanol–water partition coefficient (Wildman–Crippen LogP) is 5.12. The molecule has 0 unspecified atom stereocenters. The van der Waals surface area contributed by atoms with Crippen LogP contribution in [0.2, 0.25) is 5.02 Å². The molecule has 0 aliphatic heterocycles. The van der Waals surface area contributed by atoms with Gasteiger partial charge in [0.2, 0.25) is 0 Å². The maximum absolute atomic E-state index is 14.6. The third-order valence-corrected chi connectivity index (χ3v) is 4.95. The molecule has 1 aromatic heterocycles. The first-order valence-corrected chi connectivity index (χ1v) is 9.97. The summed E-state index contributed by atoms with van der Waals surface area (Å²) >= 11 is 5.82. The highest BCUT2D eigenvalue weighted by Crippen LogP contribution is 2.23. The Hall–Kier alpha value is -3.78. The number of hydrogen-bond donors (Lipinski definition) is 3. The third-order valence-electron chi connectivity index (χ3n) is 4.72. The number of aromatic nitrogens is 1. The normalized spacial score (nSPS) is 10.4. The van der Waals surface area contributed by atoms with E-state index in [1.54, 1.807) is 50.4 Å². The molecule has 0 fully saturated rings. The molecule has 0 spiro atoms. The molecule has 9 heteroatoms. The highest BCUT2D eigenvalue weighted by atomic mass is 35.5. The topological polar surface area (TPSA) is 98.2 Å². The monoisotopic (exact) mass is 453 g/mol. The van der Waals surface area contributed by atoms with Crippen LogP contribution in [-0.2, 0) is 0 Å². The fraction of sp³-hybridized carbons (Fsp3) is 0.130. The number of carbonyl (C=O) groups excluding carboxylic acids is 2. The lowest BCUT2D eigenvalue weighted by Crippen LogP contribution is -2.23. The standard InChI is InChI=1S/C23H21ClFN5O2/c1-13-4-8-20(18(10-13)23(32)29-21-9-5-15(24)12-27-21)28-22(31)17-7-6-16(11-19(17)25)30(3)14(2)26/h4-12,26H,1-3H3,(H,28,31)(H,27,29,32). The van der Waals surface area contributed by atoms with Gasteiger partial charge in [-0.2, -0.15) is 0 Å². The molecule has 1 heterocycles. The molecule has 3 rings (SSSR count). The van der Waals surface area contributed by atoms with Crippen LogP contribution in [0.4, 0.5) is 21.6 Å². The second kappa shape index (κ2) is 9.57. The Morgan fingerprint density at radius 1 is 1.03 bits per heavy atom. The van der Waals surface area contributed by atoms with E-state index in [1.165, 1.54) is 23.2 Å². The number of nitrogens with zero attached hydrogens (tertiary/aromatic N) is 2. The maximum atomic E-state index is 14.6. The minimum Gasteiger partial charge on any atom is -0.334 e. The van der Waals surface area contributed by atoms with Gasteiger partial charge in [0.15, 0.2) is 0 Å². The minimum absolute atomic E-state index is 0.184. The van der Waals surface area contributed by atoms with Gasteiger partial charge in [0, 0.05) is 18.9 Å². The van der Waals surface area contributed by atoms with Gasteiger partial charge in [-0.15, -0.1) is 0 Å². The van der Waals surface area contributed by atoms with Gasteiger partial charge in [-0.25, -0.2) is 9.37 Å². The minimum atomic E-state index is -0.739. The van der Waals surface area contributed by atoms with Crippen molar-refractivity contribution in [2.45, 2.75) is 13.8 Å². The maximum Gasteiger partial charge on any atom is 0.258 e. The molecule has 0 aliphatic carbocycles. The van der Waals surface area contributed by atoms with E-state index in [0.29, 0.717) is 16.5 Å². The van der Waals surface area contributed by atoms with Gasteiger partial charge >= 0.3 is 0 Å². The van der Waals surface area contributed by atoms with Gasteiger partial charge in [0.25, 0.3) is 11.8 Å². The molecule has 0 saturated heterocycles. The van der Waals surface area contributed by atoms with E-state index in [9.17, 15) is 14.0 Å². The van der Waals surface area contributed by atoms with E-state index in [-0.39, 0.29) is 22.6 Å². The van der Waals surface area contributed by atoms with Crippen LogP contribution in [0, 0.1) is 18.2 Å². The zero-order chi connectivity index (χ0) is 23.4. The Morgan fingerprint density at radius 3 is 2.38 bits per heavy atom. The van der Waals surface area contributed by atoms with E-state index in [1.807, 2.05) is 6.92 Å². The quantitative estimate of drug-likeness (QED) is 0.369. The van der Waals surface area contributed by atoms with Crippen molar-refractivity contribution in [1.82, 2.24) is 4.98 Å². The summed E-state index contributed by atoms with van der Waals surface area (Å²) in [6, 6.07) is 12.1. The molecule has 0 saturated carbocycles. The molecule has 3 N–H and O–H groups in total. The third kappa shape index (κ3) is 5.28. The Morgan fingerprint density at radius 2 is 1.75 bits per heavy atom. The first-order chi connectivity index (χ1) is 15.2. The molecule has 2 amide bonds. The number of hydrogen-bond acceptors (Lipinski definition) is 4. The van der Waals surface area contributed by atoms with Crippen molar-refractivity contribution in [3.05, 3.63) is 82.3 Å². The summed E-state index contributed by atoms with van der Waals surface area (Å²) in [5.41, 5.74) is 1.49. The summed E-state index contributed by atoms with van der Waals surface area (Å²) in [6.07, 6.45) is 1.40. The fourth-order valence-corrected chi connectivity index (χ4v) is 2.98. The Kier molecular flexibility index (Phi) is 6.85. The summed E-state index contributed by atoms with van der Waals surface area (Å²) in [6.45, 7) is 3.38. The van der Waals surface area contributed by atoms with E-state index < -0.39 is 17.6 Å². The largest absolute Gasteiger partial charge is 0.334 e. The average molecular weight is 454 g/mol. The van der Waals surface area contributed by atoms with E-state index in [0.717, 1.165) is 5.56 Å². The SMILES string of the molecule is CC(=N)N(C)c1ccc(C(=O)Nc2ccc(C)cc2C(=O)Nc2ccc(Cl)cn2)c(F)c1. The van der Waals surface area contributed by atoms with Crippen LogP contribution in [0.5, 0.6) is 0 Å². The van der Waals surface area contributed by atoms with Crippen molar-refractivity contribution in [3.63, 3.8) is 0 Å². The lowest BCUT2D eigenvalue weighted by Gasteiger charge is -2.18. The molecule has 7 nitrogen and oxygen atoms in total. The van der Waals surface area contributed by atoms with Gasteiger partial charge in [-0.3, -0.25) is 15.0 Å². The fourth-order valence-electron chi connectivity index (χ4n) is 2.87. The summed E-state index contributed by atoms with van der Waals surface area (Å²) in [5.74, 6) is -1.40. The number of rotatable bonds is 5. The van der Waals surface area contributed by atoms with Crippen molar-refractivity contribution in [2.75, 3.05) is 22.6 Å². The number of nitrogens with one attached hydrogen (secondary N) is 3. The average Bonchev–Trinajstić information content (AvgIpc) is 2.75. The number of benzene rings is 2. The number of amidine groups is 1. The van der Waals surface area contributed by atoms with Gasteiger partial charge < -0.3 is 15.5 Å². The number of halogens is 2. The highest BCUT2D eigenvalue weighted by Gasteiger charge is 2.18. The molecule has 0 aliphatic rings. The van der Waals surface area contributed by atoms with Crippen molar-refractivity contribution in [3.8, 4) is 0 Å². The zero-order valence-corrected chi connectivity index (χ0v) is 18.4. The van der Waals surface area contributed by atoms with Crippen LogP contribution in [-0.4, -0.2) is 29.7 Å². The van der Waals surface area contributed by atoms with Crippen molar-refractivity contribution >= 4 is 46.4 Å². The Balaban J connectivity index is 1.84. The molecule has 3 aromatic rings. The van der Waals surface area contributed by atoms with Gasteiger partial charge in [0.05, 0.1) is 27.7 Å². The molecule has 0 radical (unpaired) electrons. The van der Waals surface area contributed by atoms with Crippen LogP contribution < -0.4 is 15.5 Å². The molecule has 32 heavy (non-hydrogen) atoms. The summed E-state index contributed by atoms with van der Waals surface area (Å²) in [4.78, 5) is 31.1. The Bertz CT molecular complexity index is 1200. The number of aryl methyl sites for hydroxylation is 1. The van der Waals surface area contributed by atoms with Crippen LogP contribution in [0.1, 0.15) is 33.2 Å². The Labute approximate surface area is 189 Å². The van der Waals surface area contributed by atoms with Crippen LogP contribution in [0.3, 0.4) is 0 Å². The van der Waals surface area contributed by atoms with Crippen LogP contribution in [0.25, 0.3) is 0 Å². The van der Waals surface area contributed by atoms with Gasteiger partial charge in [-0.1, -0.05) is 23.2 Å². The number of carbonyl (C=O) groups is 2. The van der Waals surface area contributed by atoms with Crippen molar-refractivity contribution < 1.29 is 14.0 Å². The van der Waals surface area contributed by atoms with Crippen LogP contribution >= 0.6 is 11.6 Å². The summed E-state index contributed by atoms with van der Waals surface area (Å²) in [7, 11) is 1.63. The molecule has 2 aromatic carbocycles. The number of pyridine rings is 1. The van der Waals surface area contributed by atoms with Gasteiger partial charge in [-0.05, 0) is 56.3 Å². The molecular weight excluding hydrogens is 433 g/mol. The van der Waals surface area contributed by atoms with Crippen LogP contribution in [0.15, 0.2) is 54.7 Å². The summed E-state index contributed by atoms with van der Waals surface area (Å²) in [5, 5.41) is 13.3.